The van der Waals surface area contributed by atoms with Crippen molar-refractivity contribution in [3.63, 3.8) is 0 Å². The third kappa shape index (κ3) is 2.44. The van der Waals surface area contributed by atoms with Crippen LogP contribution in [-0.2, 0) is 13.5 Å². The van der Waals surface area contributed by atoms with E-state index in [1.165, 1.54) is 0 Å². The summed E-state index contributed by atoms with van der Waals surface area (Å²) in [6, 6.07) is 9.92. The molecule has 0 aliphatic rings. The second-order valence-corrected chi connectivity index (χ2v) is 7.13. The van der Waals surface area contributed by atoms with E-state index in [4.69, 9.17) is 0 Å². The molecule has 2 aromatic heterocycles. The van der Waals surface area contributed by atoms with Crippen LogP contribution in [-0.4, -0.2) is 15.6 Å². The maximum absolute atomic E-state index is 12.2. The molecule has 3 nitrogen and oxygen atoms in total. The largest absolute Gasteiger partial charge is 0.294 e. The number of rotatable bonds is 3. The summed E-state index contributed by atoms with van der Waals surface area (Å²) < 4.78 is 2.96. The van der Waals surface area contributed by atoms with Crippen LogP contribution in [0.3, 0.4) is 0 Å². The smallest absolute Gasteiger partial charge is 0.169 e. The van der Waals surface area contributed by atoms with Gasteiger partial charge >= 0.3 is 0 Å². The summed E-state index contributed by atoms with van der Waals surface area (Å²) in [6.45, 7) is 0. The van der Waals surface area contributed by atoms with Crippen molar-refractivity contribution in [2.45, 2.75) is 6.42 Å². The summed E-state index contributed by atoms with van der Waals surface area (Å²) in [5.74, 6) is 0.128. The highest BCUT2D eigenvalue weighted by molar-refractivity contribution is 14.1. The fraction of sp³-hybridized carbons (Fsp3) is 0.143. The third-order valence-corrected chi connectivity index (χ3v) is 4.84. The summed E-state index contributed by atoms with van der Waals surface area (Å²) >= 11 is 3.82. The van der Waals surface area contributed by atoms with Crippen molar-refractivity contribution in [2.24, 2.45) is 7.05 Å². The zero-order valence-corrected chi connectivity index (χ0v) is 13.2. The molecule has 2 heterocycles. The predicted octanol–water partition coefficient (Wildman–Crippen LogP) is 3.66. The Balaban J connectivity index is 1.95. The topological polar surface area (TPSA) is 34.9 Å². The van der Waals surface area contributed by atoms with Crippen molar-refractivity contribution in [1.29, 1.82) is 0 Å². The van der Waals surface area contributed by atoms with Crippen LogP contribution >= 0.6 is 33.9 Å². The second-order valence-electron chi connectivity index (χ2n) is 4.33. The first-order chi connectivity index (χ1) is 9.15. The maximum Gasteiger partial charge on any atom is 0.169 e. The number of nitrogens with zero attached hydrogens (tertiary/aromatic N) is 2. The number of hydrogen-bond donors (Lipinski definition) is 0. The number of Topliss-reactive ketones (excluding diaryl/α,β-unsaturated/α-hetero) is 1. The summed E-state index contributed by atoms with van der Waals surface area (Å²) in [7, 11) is 1.91. The summed E-state index contributed by atoms with van der Waals surface area (Å²) in [6.07, 6.45) is 0.355. The first-order valence-corrected chi connectivity index (χ1v) is 7.79. The molecule has 19 heavy (non-hydrogen) atoms. The number of carbonyl (C=O) groups excluding carboxylic acids is 1. The molecule has 0 aliphatic carbocycles. The van der Waals surface area contributed by atoms with Crippen LogP contribution in [0.2, 0.25) is 0 Å². The van der Waals surface area contributed by atoms with Crippen LogP contribution in [0.4, 0.5) is 0 Å². The molecule has 0 bridgehead atoms. The van der Waals surface area contributed by atoms with E-state index in [0.29, 0.717) is 6.42 Å². The van der Waals surface area contributed by atoms with Crippen LogP contribution < -0.4 is 0 Å². The Bertz CT molecular complexity index is 760. The highest BCUT2D eigenvalue weighted by Crippen LogP contribution is 2.21. The number of para-hydroxylation sites is 1. The van der Waals surface area contributed by atoms with Crippen molar-refractivity contribution in [2.75, 3.05) is 0 Å². The van der Waals surface area contributed by atoms with E-state index in [0.717, 1.165) is 25.0 Å². The van der Waals surface area contributed by atoms with E-state index < -0.39 is 0 Å². The average molecular weight is 382 g/mol. The predicted molar refractivity (Wildman–Crippen MR) is 85.8 cm³/mol. The molecule has 1 aromatic carbocycles. The van der Waals surface area contributed by atoms with Gasteiger partial charge in [0.05, 0.1) is 20.5 Å². The van der Waals surface area contributed by atoms with Gasteiger partial charge in [-0.15, -0.1) is 11.3 Å². The van der Waals surface area contributed by atoms with Crippen LogP contribution in [0.1, 0.15) is 16.1 Å². The van der Waals surface area contributed by atoms with Crippen molar-refractivity contribution in [1.82, 2.24) is 9.78 Å². The zero-order valence-electron chi connectivity index (χ0n) is 10.3. The van der Waals surface area contributed by atoms with Gasteiger partial charge in [-0.1, -0.05) is 18.2 Å². The minimum absolute atomic E-state index is 0.128. The highest BCUT2D eigenvalue weighted by Gasteiger charge is 2.14. The molecule has 0 atom stereocenters. The maximum atomic E-state index is 12.2. The molecule has 0 saturated heterocycles. The molecule has 0 amide bonds. The fourth-order valence-electron chi connectivity index (χ4n) is 2.13. The van der Waals surface area contributed by atoms with Crippen molar-refractivity contribution in [3.8, 4) is 0 Å². The quantitative estimate of drug-likeness (QED) is 0.512. The average Bonchev–Trinajstić information content (AvgIpc) is 2.96. The Morgan fingerprint density at radius 1 is 1.42 bits per heavy atom. The summed E-state index contributed by atoms with van der Waals surface area (Å²) in [5.41, 5.74) is 2.69. The standard InChI is InChI=1S/C14H11IN2OS/c1-17-12-5-3-2-4-10(12)11(16-17)7-13(18)9-6-14(15)19-8-9/h2-6,8H,7H2,1H3. The SMILES string of the molecule is Cn1nc(CC(=O)c2csc(I)c2)c2ccccc21. The van der Waals surface area contributed by atoms with Gasteiger partial charge in [-0.2, -0.15) is 5.10 Å². The van der Waals surface area contributed by atoms with Crippen LogP contribution in [0.5, 0.6) is 0 Å². The molecule has 0 unspecified atom stereocenters. The molecule has 96 valence electrons. The van der Waals surface area contributed by atoms with Crippen molar-refractivity contribution < 1.29 is 4.79 Å². The lowest BCUT2D eigenvalue weighted by Gasteiger charge is -1.95. The highest BCUT2D eigenvalue weighted by atomic mass is 127. The van der Waals surface area contributed by atoms with E-state index >= 15 is 0 Å². The Morgan fingerprint density at radius 3 is 2.95 bits per heavy atom. The van der Waals surface area contributed by atoms with Gasteiger partial charge < -0.3 is 0 Å². The third-order valence-electron chi connectivity index (χ3n) is 3.05. The first kappa shape index (κ1) is 12.8. The molecule has 0 aliphatic heterocycles. The molecular formula is C14H11IN2OS. The molecule has 0 spiro atoms. The van der Waals surface area contributed by atoms with Crippen LogP contribution in [0.25, 0.3) is 10.9 Å². The number of hydrogen-bond acceptors (Lipinski definition) is 3. The number of aryl methyl sites for hydroxylation is 1. The van der Waals surface area contributed by atoms with Crippen LogP contribution in [0.15, 0.2) is 35.7 Å². The van der Waals surface area contributed by atoms with Gasteiger partial charge in [-0.05, 0) is 34.7 Å². The number of carbonyl (C=O) groups is 1. The van der Waals surface area contributed by atoms with Gasteiger partial charge in [0.2, 0.25) is 0 Å². The molecule has 5 heteroatoms. The normalized spacial score (nSPS) is 11.1. The summed E-state index contributed by atoms with van der Waals surface area (Å²) in [5, 5.41) is 7.43. The number of ketones is 1. The second kappa shape index (κ2) is 5.05. The van der Waals surface area contributed by atoms with E-state index in [1.807, 2.05) is 47.4 Å². The molecule has 0 N–H and O–H groups in total. The Kier molecular flexibility index (Phi) is 3.40. The van der Waals surface area contributed by atoms with Crippen molar-refractivity contribution >= 4 is 50.6 Å². The lowest BCUT2D eigenvalue weighted by molar-refractivity contribution is 0.0992. The molecule has 0 saturated carbocycles. The Hall–Kier alpha value is -1.21. The van der Waals surface area contributed by atoms with Crippen molar-refractivity contribution in [3.05, 3.63) is 49.9 Å². The number of aromatic nitrogens is 2. The molecule has 0 fully saturated rings. The minimum atomic E-state index is 0.128. The van der Waals surface area contributed by atoms with Gasteiger partial charge in [-0.3, -0.25) is 9.48 Å². The first-order valence-electron chi connectivity index (χ1n) is 5.83. The fourth-order valence-corrected chi connectivity index (χ4v) is 3.48. The number of benzene rings is 1. The summed E-state index contributed by atoms with van der Waals surface area (Å²) in [4.78, 5) is 12.2. The zero-order chi connectivity index (χ0) is 13.4. The van der Waals surface area contributed by atoms with Gasteiger partial charge in [-0.25, -0.2) is 0 Å². The van der Waals surface area contributed by atoms with Crippen LogP contribution in [0, 0.1) is 2.88 Å². The van der Waals surface area contributed by atoms with E-state index in [-0.39, 0.29) is 5.78 Å². The van der Waals surface area contributed by atoms with Gasteiger partial charge in [0, 0.05) is 23.4 Å². The van der Waals surface area contributed by atoms with E-state index in [9.17, 15) is 4.79 Å². The lowest BCUT2D eigenvalue weighted by Crippen LogP contribution is -2.03. The van der Waals surface area contributed by atoms with E-state index in [2.05, 4.69) is 27.7 Å². The number of halogens is 1. The van der Waals surface area contributed by atoms with Gasteiger partial charge in [0.25, 0.3) is 0 Å². The van der Waals surface area contributed by atoms with Gasteiger partial charge in [0.15, 0.2) is 5.78 Å². The minimum Gasteiger partial charge on any atom is -0.294 e. The Labute approximate surface area is 128 Å². The lowest BCUT2D eigenvalue weighted by atomic mass is 10.1. The number of thiophene rings is 1. The molecular weight excluding hydrogens is 371 g/mol. The molecule has 0 radical (unpaired) electrons. The monoisotopic (exact) mass is 382 g/mol. The molecule has 3 rings (SSSR count). The van der Waals surface area contributed by atoms with Gasteiger partial charge in [0.1, 0.15) is 0 Å². The molecule has 3 aromatic rings. The Morgan fingerprint density at radius 2 is 2.21 bits per heavy atom. The van der Waals surface area contributed by atoms with E-state index in [1.54, 1.807) is 11.3 Å². The number of fused-ring (bicyclic) bond motifs is 1.